The highest BCUT2D eigenvalue weighted by molar-refractivity contribution is 6.00. The van der Waals surface area contributed by atoms with Crippen LogP contribution in [0.5, 0.6) is 0 Å². The summed E-state index contributed by atoms with van der Waals surface area (Å²) < 4.78 is 0. The van der Waals surface area contributed by atoms with E-state index in [1.165, 1.54) is 0 Å². The van der Waals surface area contributed by atoms with E-state index in [0.717, 1.165) is 29.9 Å². The molecule has 2 heterocycles. The molecule has 0 saturated carbocycles. The van der Waals surface area contributed by atoms with Gasteiger partial charge in [0.1, 0.15) is 0 Å². The van der Waals surface area contributed by atoms with Crippen molar-refractivity contribution in [3.05, 3.63) is 41.9 Å². The topological polar surface area (TPSA) is 25.2 Å². The molecule has 1 aromatic heterocycles. The Bertz CT molecular complexity index is 350. The third-order valence-electron chi connectivity index (χ3n) is 2.09. The fraction of sp³-hybridized carbons (Fsp3) is 0.273. The highest BCUT2D eigenvalue weighted by atomic mass is 14.8. The minimum atomic E-state index is 1.01. The molecule has 2 heteroatoms. The first kappa shape index (κ1) is 8.17. The normalized spacial score (nSPS) is 16.4. The van der Waals surface area contributed by atoms with E-state index >= 15 is 0 Å². The molecule has 0 bridgehead atoms. The molecule has 0 radical (unpaired) electrons. The molecule has 2 nitrogen and oxygen atoms in total. The summed E-state index contributed by atoms with van der Waals surface area (Å²) in [4.78, 5) is 8.75. The van der Waals surface area contributed by atoms with Crippen LogP contribution in [0.3, 0.4) is 0 Å². The number of hydrogen-bond donors (Lipinski definition) is 0. The predicted octanol–water partition coefficient (Wildman–Crippen LogP) is 2.57. The second-order valence-corrected chi connectivity index (χ2v) is 3.16. The fourth-order valence-electron chi connectivity index (χ4n) is 1.45. The first-order chi connectivity index (χ1) is 6.36. The van der Waals surface area contributed by atoms with Crippen molar-refractivity contribution in [2.75, 3.05) is 0 Å². The third kappa shape index (κ3) is 1.83. The number of pyridine rings is 1. The molecule has 0 amide bonds. The van der Waals surface area contributed by atoms with Gasteiger partial charge in [0.05, 0.1) is 11.4 Å². The first-order valence-electron chi connectivity index (χ1n) is 4.52. The first-order valence-corrected chi connectivity index (χ1v) is 4.52. The van der Waals surface area contributed by atoms with E-state index in [1.807, 2.05) is 31.3 Å². The van der Waals surface area contributed by atoms with Crippen molar-refractivity contribution in [1.82, 2.24) is 4.98 Å². The Balaban J connectivity index is 2.32. The summed E-state index contributed by atoms with van der Waals surface area (Å²) >= 11 is 0. The summed E-state index contributed by atoms with van der Waals surface area (Å²) in [6.45, 7) is 2.03. The molecular weight excluding hydrogens is 160 g/mol. The minimum absolute atomic E-state index is 1.01. The van der Waals surface area contributed by atoms with Crippen LogP contribution in [0, 0.1) is 0 Å². The molecule has 0 spiro atoms. The molecule has 0 N–H and O–H groups in total. The lowest BCUT2D eigenvalue weighted by molar-refractivity contribution is 1.01. The Hall–Kier alpha value is -1.44. The number of hydrogen-bond acceptors (Lipinski definition) is 2. The standard InChI is InChI=1S/C11H12N2/c1-9-5-4-7-11(13-9)10-6-2-3-8-12-10/h2-3,5-6,8H,4,7H2,1H3. The summed E-state index contributed by atoms with van der Waals surface area (Å²) in [5.74, 6) is 0. The predicted molar refractivity (Wildman–Crippen MR) is 53.8 cm³/mol. The number of rotatable bonds is 1. The van der Waals surface area contributed by atoms with Gasteiger partial charge in [-0.25, -0.2) is 0 Å². The Morgan fingerprint density at radius 1 is 1.31 bits per heavy atom. The number of nitrogens with zero attached hydrogens (tertiary/aromatic N) is 2. The van der Waals surface area contributed by atoms with Crippen molar-refractivity contribution in [3.8, 4) is 0 Å². The van der Waals surface area contributed by atoms with Gasteiger partial charge in [-0.05, 0) is 31.9 Å². The van der Waals surface area contributed by atoms with Gasteiger partial charge in [-0.15, -0.1) is 0 Å². The van der Waals surface area contributed by atoms with Crippen molar-refractivity contribution < 1.29 is 0 Å². The number of aromatic nitrogens is 1. The molecule has 1 aromatic rings. The fourth-order valence-corrected chi connectivity index (χ4v) is 1.45. The van der Waals surface area contributed by atoms with Crippen LogP contribution in [0.25, 0.3) is 0 Å². The van der Waals surface area contributed by atoms with E-state index in [0.29, 0.717) is 0 Å². The van der Waals surface area contributed by atoms with Gasteiger partial charge in [-0.2, -0.15) is 0 Å². The lowest BCUT2D eigenvalue weighted by Crippen LogP contribution is -2.06. The summed E-state index contributed by atoms with van der Waals surface area (Å²) in [6, 6.07) is 5.94. The summed E-state index contributed by atoms with van der Waals surface area (Å²) in [5.41, 5.74) is 3.22. The molecule has 0 aliphatic carbocycles. The largest absolute Gasteiger partial charge is 0.256 e. The van der Waals surface area contributed by atoms with Crippen molar-refractivity contribution in [1.29, 1.82) is 0 Å². The smallest absolute Gasteiger partial charge is 0.0844 e. The van der Waals surface area contributed by atoms with E-state index in [9.17, 15) is 0 Å². The zero-order valence-corrected chi connectivity index (χ0v) is 7.70. The minimum Gasteiger partial charge on any atom is -0.256 e. The van der Waals surface area contributed by atoms with Crippen LogP contribution in [0.2, 0.25) is 0 Å². The molecule has 13 heavy (non-hydrogen) atoms. The van der Waals surface area contributed by atoms with Gasteiger partial charge in [0, 0.05) is 11.9 Å². The maximum absolute atomic E-state index is 4.47. The Labute approximate surface area is 78.0 Å². The third-order valence-corrected chi connectivity index (χ3v) is 2.09. The van der Waals surface area contributed by atoms with Crippen LogP contribution in [-0.2, 0) is 0 Å². The number of aliphatic imine (C=N–C) groups is 1. The van der Waals surface area contributed by atoms with Gasteiger partial charge >= 0.3 is 0 Å². The lowest BCUT2D eigenvalue weighted by Gasteiger charge is -2.09. The van der Waals surface area contributed by atoms with E-state index in [1.54, 1.807) is 0 Å². The van der Waals surface area contributed by atoms with Crippen LogP contribution >= 0.6 is 0 Å². The Morgan fingerprint density at radius 3 is 2.92 bits per heavy atom. The maximum Gasteiger partial charge on any atom is 0.0844 e. The van der Waals surface area contributed by atoms with Crippen LogP contribution in [-0.4, -0.2) is 10.7 Å². The number of allylic oxidation sites excluding steroid dienone is 2. The Morgan fingerprint density at radius 2 is 2.23 bits per heavy atom. The average molecular weight is 172 g/mol. The van der Waals surface area contributed by atoms with Crippen molar-refractivity contribution in [3.63, 3.8) is 0 Å². The van der Waals surface area contributed by atoms with Crippen molar-refractivity contribution in [2.45, 2.75) is 19.8 Å². The second kappa shape index (κ2) is 3.52. The molecular formula is C11H12N2. The maximum atomic E-state index is 4.47. The zero-order chi connectivity index (χ0) is 9.10. The van der Waals surface area contributed by atoms with Gasteiger partial charge in [0.25, 0.3) is 0 Å². The van der Waals surface area contributed by atoms with E-state index in [2.05, 4.69) is 16.1 Å². The molecule has 1 aliphatic rings. The van der Waals surface area contributed by atoms with Crippen LogP contribution in [0.4, 0.5) is 0 Å². The van der Waals surface area contributed by atoms with Gasteiger partial charge in [-0.3, -0.25) is 9.98 Å². The quantitative estimate of drug-likeness (QED) is 0.639. The average Bonchev–Trinajstić information content (AvgIpc) is 2.19. The van der Waals surface area contributed by atoms with Crippen LogP contribution in [0.1, 0.15) is 25.5 Å². The Kier molecular flexibility index (Phi) is 2.21. The summed E-state index contributed by atoms with van der Waals surface area (Å²) in [7, 11) is 0. The molecule has 0 aromatic carbocycles. The SMILES string of the molecule is CC1=CCCC(c2ccccn2)=N1. The molecule has 0 fully saturated rings. The molecule has 0 saturated heterocycles. The van der Waals surface area contributed by atoms with Gasteiger partial charge in [0.15, 0.2) is 0 Å². The monoisotopic (exact) mass is 172 g/mol. The zero-order valence-electron chi connectivity index (χ0n) is 7.70. The second-order valence-electron chi connectivity index (χ2n) is 3.16. The van der Waals surface area contributed by atoms with Gasteiger partial charge in [0.2, 0.25) is 0 Å². The van der Waals surface area contributed by atoms with E-state index in [4.69, 9.17) is 0 Å². The van der Waals surface area contributed by atoms with Crippen LogP contribution in [0.15, 0.2) is 41.2 Å². The molecule has 66 valence electrons. The highest BCUT2D eigenvalue weighted by Gasteiger charge is 2.07. The lowest BCUT2D eigenvalue weighted by atomic mass is 10.1. The van der Waals surface area contributed by atoms with Crippen molar-refractivity contribution >= 4 is 5.71 Å². The molecule has 2 rings (SSSR count). The summed E-state index contributed by atoms with van der Waals surface area (Å²) in [6.07, 6.45) is 6.06. The van der Waals surface area contributed by atoms with Crippen molar-refractivity contribution in [2.24, 2.45) is 4.99 Å². The molecule has 1 aliphatic heterocycles. The summed E-state index contributed by atoms with van der Waals surface area (Å²) in [5, 5.41) is 0. The van der Waals surface area contributed by atoms with Crippen LogP contribution < -0.4 is 0 Å². The van der Waals surface area contributed by atoms with E-state index in [-0.39, 0.29) is 0 Å². The highest BCUT2D eigenvalue weighted by Crippen LogP contribution is 2.13. The van der Waals surface area contributed by atoms with E-state index < -0.39 is 0 Å². The molecule has 0 atom stereocenters. The van der Waals surface area contributed by atoms with Gasteiger partial charge < -0.3 is 0 Å². The molecule has 0 unspecified atom stereocenters. The van der Waals surface area contributed by atoms with Gasteiger partial charge in [-0.1, -0.05) is 12.1 Å².